The molecule has 2 N–H and O–H groups in total. The van der Waals surface area contributed by atoms with Crippen molar-refractivity contribution in [3.63, 3.8) is 0 Å². The van der Waals surface area contributed by atoms with E-state index in [9.17, 15) is 5.11 Å². The monoisotopic (exact) mass is 413 g/mol. The van der Waals surface area contributed by atoms with Gasteiger partial charge in [0.25, 0.3) is 0 Å². The first kappa shape index (κ1) is 21.8. The fraction of sp³-hybridized carbons (Fsp3) is 0.379. The first-order chi connectivity index (χ1) is 14.6. The minimum atomic E-state index is -0.529. The average molecular weight is 414 g/mol. The Balaban J connectivity index is 2.01. The molecule has 0 unspecified atom stereocenters. The highest BCUT2D eigenvalue weighted by atomic mass is 16.3. The van der Waals surface area contributed by atoms with Crippen LogP contribution in [0, 0.1) is 10.8 Å². The van der Waals surface area contributed by atoms with E-state index in [1.807, 2.05) is 0 Å². The van der Waals surface area contributed by atoms with Gasteiger partial charge in [-0.15, -0.1) is 0 Å². The minimum Gasteiger partial charge on any atom is -0.391 e. The van der Waals surface area contributed by atoms with Gasteiger partial charge >= 0.3 is 0 Å². The third-order valence-electron chi connectivity index (χ3n) is 6.67. The molecule has 162 valence electrons. The molecule has 2 nitrogen and oxygen atoms in total. The SMILES string of the molecule is CC(C)(C)[C@H](O)[C@@H](NC1(c2ccccc2)c2ccccc2-c2ccccc21)C(C)(C)C. The van der Waals surface area contributed by atoms with E-state index in [1.54, 1.807) is 0 Å². The third-order valence-corrected chi connectivity index (χ3v) is 6.67. The molecule has 1 aliphatic rings. The largest absolute Gasteiger partial charge is 0.391 e. The maximum absolute atomic E-state index is 11.5. The Morgan fingerprint density at radius 1 is 0.645 bits per heavy atom. The summed E-state index contributed by atoms with van der Waals surface area (Å²) in [6.07, 6.45) is -0.520. The Labute approximate surface area is 187 Å². The molecule has 0 saturated heterocycles. The van der Waals surface area contributed by atoms with E-state index in [-0.39, 0.29) is 16.9 Å². The second-order valence-electron chi connectivity index (χ2n) is 11.0. The molecule has 0 spiro atoms. The average Bonchev–Trinajstić information content (AvgIpc) is 3.02. The van der Waals surface area contributed by atoms with Crippen molar-refractivity contribution >= 4 is 0 Å². The number of benzene rings is 3. The summed E-state index contributed by atoms with van der Waals surface area (Å²) in [4.78, 5) is 0. The molecule has 1 aliphatic carbocycles. The van der Waals surface area contributed by atoms with Gasteiger partial charge in [0, 0.05) is 6.04 Å². The number of fused-ring (bicyclic) bond motifs is 3. The Bertz CT molecular complexity index is 1010. The maximum atomic E-state index is 11.5. The van der Waals surface area contributed by atoms with Crippen LogP contribution in [-0.2, 0) is 5.54 Å². The number of aliphatic hydroxyl groups is 1. The van der Waals surface area contributed by atoms with E-state index in [0.29, 0.717) is 0 Å². The van der Waals surface area contributed by atoms with Crippen LogP contribution in [0.3, 0.4) is 0 Å². The Morgan fingerprint density at radius 2 is 1.10 bits per heavy atom. The van der Waals surface area contributed by atoms with E-state index in [4.69, 9.17) is 0 Å². The van der Waals surface area contributed by atoms with E-state index in [1.165, 1.54) is 27.8 Å². The number of nitrogens with one attached hydrogen (secondary N) is 1. The molecular weight excluding hydrogens is 378 g/mol. The van der Waals surface area contributed by atoms with E-state index in [2.05, 4.69) is 126 Å². The number of hydrogen-bond donors (Lipinski definition) is 2. The lowest BCUT2D eigenvalue weighted by atomic mass is 9.71. The van der Waals surface area contributed by atoms with Crippen molar-refractivity contribution in [2.45, 2.75) is 59.2 Å². The number of aliphatic hydroxyl groups excluding tert-OH is 1. The summed E-state index contributed by atoms with van der Waals surface area (Å²) in [6, 6.07) is 27.9. The first-order valence-electron chi connectivity index (χ1n) is 11.3. The predicted molar refractivity (Wildman–Crippen MR) is 130 cm³/mol. The van der Waals surface area contributed by atoms with E-state index in [0.717, 1.165) is 0 Å². The molecule has 0 aromatic heterocycles. The molecule has 2 atom stereocenters. The van der Waals surface area contributed by atoms with Gasteiger partial charge in [-0.1, -0.05) is 120 Å². The third kappa shape index (κ3) is 3.62. The summed E-state index contributed by atoms with van der Waals surface area (Å²) in [5.41, 5.74) is 5.28. The summed E-state index contributed by atoms with van der Waals surface area (Å²) in [5.74, 6) is 0. The second-order valence-corrected chi connectivity index (χ2v) is 11.0. The minimum absolute atomic E-state index is 0.132. The summed E-state index contributed by atoms with van der Waals surface area (Å²) in [5, 5.41) is 15.6. The standard InChI is InChI=1S/C29H35NO/c1-27(2,3)25(26(31)28(4,5)6)30-29(20-14-8-7-9-15-20)23-18-12-10-16-21(23)22-17-11-13-19-24(22)29/h7-19,25-26,30-31H,1-6H3/t25-,26-/m1/s1. The fourth-order valence-electron chi connectivity index (χ4n) is 4.98. The normalized spacial score (nSPS) is 17.0. The fourth-order valence-corrected chi connectivity index (χ4v) is 4.98. The number of hydrogen-bond acceptors (Lipinski definition) is 2. The molecule has 0 bridgehead atoms. The van der Waals surface area contributed by atoms with Crippen LogP contribution >= 0.6 is 0 Å². The van der Waals surface area contributed by atoms with Crippen LogP contribution in [0.15, 0.2) is 78.9 Å². The maximum Gasteiger partial charge on any atom is 0.0963 e. The van der Waals surface area contributed by atoms with Crippen LogP contribution in [-0.4, -0.2) is 17.3 Å². The molecule has 0 heterocycles. The van der Waals surface area contributed by atoms with Crippen LogP contribution in [0.2, 0.25) is 0 Å². The van der Waals surface area contributed by atoms with Gasteiger partial charge in [-0.2, -0.15) is 0 Å². The van der Waals surface area contributed by atoms with Crippen molar-refractivity contribution in [1.29, 1.82) is 0 Å². The highest BCUT2D eigenvalue weighted by molar-refractivity contribution is 5.83. The van der Waals surface area contributed by atoms with Crippen LogP contribution in [0.25, 0.3) is 11.1 Å². The zero-order chi connectivity index (χ0) is 22.4. The van der Waals surface area contributed by atoms with Crippen molar-refractivity contribution < 1.29 is 5.11 Å². The second kappa shape index (κ2) is 7.62. The van der Waals surface area contributed by atoms with Gasteiger partial charge in [0.1, 0.15) is 0 Å². The van der Waals surface area contributed by atoms with Crippen molar-refractivity contribution in [2.24, 2.45) is 10.8 Å². The quantitative estimate of drug-likeness (QED) is 0.521. The van der Waals surface area contributed by atoms with Gasteiger partial charge in [0.15, 0.2) is 0 Å². The van der Waals surface area contributed by atoms with Crippen LogP contribution in [0.4, 0.5) is 0 Å². The molecule has 0 amide bonds. The number of rotatable bonds is 4. The molecule has 3 aromatic rings. The highest BCUT2D eigenvalue weighted by Gasteiger charge is 2.49. The summed E-state index contributed by atoms with van der Waals surface area (Å²) < 4.78 is 0. The smallest absolute Gasteiger partial charge is 0.0963 e. The van der Waals surface area contributed by atoms with Crippen molar-refractivity contribution in [3.05, 3.63) is 95.6 Å². The Kier molecular flexibility index (Phi) is 5.36. The summed E-state index contributed by atoms with van der Waals surface area (Å²) in [6.45, 7) is 13.0. The molecule has 2 heteroatoms. The first-order valence-corrected chi connectivity index (χ1v) is 11.3. The summed E-state index contributed by atoms with van der Waals surface area (Å²) in [7, 11) is 0. The van der Waals surface area contributed by atoms with Gasteiger partial charge in [-0.3, -0.25) is 5.32 Å². The lowest BCUT2D eigenvalue weighted by molar-refractivity contribution is -0.0142. The summed E-state index contributed by atoms with van der Waals surface area (Å²) >= 11 is 0. The zero-order valence-electron chi connectivity index (χ0n) is 19.6. The highest BCUT2D eigenvalue weighted by Crippen LogP contribution is 2.52. The van der Waals surface area contributed by atoms with Gasteiger partial charge < -0.3 is 5.11 Å². The topological polar surface area (TPSA) is 32.3 Å². The van der Waals surface area contributed by atoms with Crippen LogP contribution in [0.5, 0.6) is 0 Å². The van der Waals surface area contributed by atoms with Crippen LogP contribution in [0.1, 0.15) is 58.2 Å². The lowest BCUT2D eigenvalue weighted by Crippen LogP contribution is -2.60. The van der Waals surface area contributed by atoms with Gasteiger partial charge in [0.05, 0.1) is 11.6 Å². The van der Waals surface area contributed by atoms with Gasteiger partial charge in [-0.25, -0.2) is 0 Å². The molecular formula is C29H35NO. The Hall–Kier alpha value is -2.42. The molecule has 3 aromatic carbocycles. The molecule has 0 radical (unpaired) electrons. The van der Waals surface area contributed by atoms with Crippen LogP contribution < -0.4 is 5.32 Å². The molecule has 0 fully saturated rings. The van der Waals surface area contributed by atoms with Gasteiger partial charge in [-0.05, 0) is 38.6 Å². The van der Waals surface area contributed by atoms with Crippen molar-refractivity contribution in [3.8, 4) is 11.1 Å². The van der Waals surface area contributed by atoms with Crippen molar-refractivity contribution in [2.75, 3.05) is 0 Å². The van der Waals surface area contributed by atoms with E-state index < -0.39 is 11.6 Å². The van der Waals surface area contributed by atoms with Crippen molar-refractivity contribution in [1.82, 2.24) is 5.32 Å². The molecule has 4 rings (SSSR count). The van der Waals surface area contributed by atoms with E-state index >= 15 is 0 Å². The molecule has 0 aliphatic heterocycles. The predicted octanol–water partition coefficient (Wildman–Crippen LogP) is 6.37. The zero-order valence-corrected chi connectivity index (χ0v) is 19.6. The molecule has 31 heavy (non-hydrogen) atoms. The molecule has 0 saturated carbocycles. The van der Waals surface area contributed by atoms with Gasteiger partial charge in [0.2, 0.25) is 0 Å². The lowest BCUT2D eigenvalue weighted by Gasteiger charge is -2.47. The Morgan fingerprint density at radius 3 is 1.55 bits per heavy atom.